The number of imide groups is 1. The topological polar surface area (TPSA) is 171 Å². The zero-order valence-corrected chi connectivity index (χ0v) is 18.8. The Morgan fingerprint density at radius 3 is 2.64 bits per heavy atom. The number of aromatic nitrogens is 4. The van der Waals surface area contributed by atoms with Crippen LogP contribution >= 0.6 is 11.8 Å². The summed E-state index contributed by atoms with van der Waals surface area (Å²) < 4.78 is 6.44. The van der Waals surface area contributed by atoms with E-state index in [1.165, 1.54) is 23.7 Å². The fourth-order valence-corrected chi connectivity index (χ4v) is 4.06. The standard InChI is InChI=1S/C19H23N7O6S/c1-11(16(27)21-18(29)20-13-6-4-3-5-7-13)32-17(28)12-8-9-15(14(10-12)26(30)31)33-19-22-23-24-25(19)2/h8-11,13H,3-7H2,1-2H3,(H2,20,21,27,29). The number of esters is 1. The van der Waals surface area contributed by atoms with E-state index >= 15 is 0 Å². The number of amides is 3. The van der Waals surface area contributed by atoms with Gasteiger partial charge in [-0.2, -0.15) is 0 Å². The lowest BCUT2D eigenvalue weighted by molar-refractivity contribution is -0.387. The van der Waals surface area contributed by atoms with E-state index in [-0.39, 0.29) is 22.2 Å². The largest absolute Gasteiger partial charge is 0.449 e. The minimum atomic E-state index is -1.28. The number of benzene rings is 1. The quantitative estimate of drug-likeness (QED) is 0.341. The van der Waals surface area contributed by atoms with Crippen molar-refractivity contribution in [2.24, 2.45) is 7.05 Å². The smallest absolute Gasteiger partial charge is 0.339 e. The first-order chi connectivity index (χ1) is 15.7. The number of nitrogens with zero attached hydrogens (tertiary/aromatic N) is 5. The average Bonchev–Trinajstić information content (AvgIpc) is 3.18. The Kier molecular flexibility index (Phi) is 7.92. The van der Waals surface area contributed by atoms with Crippen LogP contribution in [0.4, 0.5) is 10.5 Å². The molecule has 1 aromatic heterocycles. The van der Waals surface area contributed by atoms with Gasteiger partial charge in [0.1, 0.15) is 0 Å². The molecule has 3 amide bonds. The van der Waals surface area contributed by atoms with Gasteiger partial charge in [0.2, 0.25) is 5.16 Å². The van der Waals surface area contributed by atoms with Crippen molar-refractivity contribution in [3.63, 3.8) is 0 Å². The highest BCUT2D eigenvalue weighted by Crippen LogP contribution is 2.34. The zero-order chi connectivity index (χ0) is 24.0. The fraction of sp³-hybridized carbons (Fsp3) is 0.474. The second-order valence-electron chi connectivity index (χ2n) is 7.47. The van der Waals surface area contributed by atoms with Crippen LogP contribution in [0.5, 0.6) is 0 Å². The number of tetrazole rings is 1. The molecule has 0 saturated heterocycles. The zero-order valence-electron chi connectivity index (χ0n) is 18.0. The summed E-state index contributed by atoms with van der Waals surface area (Å²) in [5, 5.41) is 27.6. The van der Waals surface area contributed by atoms with Crippen LogP contribution in [0.3, 0.4) is 0 Å². The predicted octanol–water partition coefficient (Wildman–Crippen LogP) is 1.97. The van der Waals surface area contributed by atoms with Crippen molar-refractivity contribution in [3.05, 3.63) is 33.9 Å². The van der Waals surface area contributed by atoms with Crippen LogP contribution in [0.15, 0.2) is 28.3 Å². The highest BCUT2D eigenvalue weighted by atomic mass is 32.2. The first-order valence-electron chi connectivity index (χ1n) is 10.3. The molecule has 1 unspecified atom stereocenters. The molecule has 1 saturated carbocycles. The third-order valence-corrected chi connectivity index (χ3v) is 6.10. The summed E-state index contributed by atoms with van der Waals surface area (Å²) in [6, 6.07) is 3.12. The molecule has 1 atom stereocenters. The van der Waals surface area contributed by atoms with Gasteiger partial charge in [-0.05, 0) is 54.1 Å². The van der Waals surface area contributed by atoms with Crippen molar-refractivity contribution in [2.45, 2.75) is 61.2 Å². The summed E-state index contributed by atoms with van der Waals surface area (Å²) >= 11 is 0.960. The lowest BCUT2D eigenvalue weighted by Gasteiger charge is -2.23. The van der Waals surface area contributed by atoms with E-state index in [2.05, 4.69) is 26.2 Å². The maximum atomic E-state index is 12.5. The van der Waals surface area contributed by atoms with E-state index in [0.717, 1.165) is 49.9 Å². The molecule has 0 aliphatic heterocycles. The molecule has 1 fully saturated rings. The highest BCUT2D eigenvalue weighted by molar-refractivity contribution is 7.99. The third kappa shape index (κ3) is 6.47. The second kappa shape index (κ2) is 10.8. The molecule has 13 nitrogen and oxygen atoms in total. The van der Waals surface area contributed by atoms with Crippen molar-refractivity contribution in [3.8, 4) is 0 Å². The molecule has 2 N–H and O–H groups in total. The maximum absolute atomic E-state index is 12.5. The molecule has 0 radical (unpaired) electrons. The van der Waals surface area contributed by atoms with E-state index < -0.39 is 28.9 Å². The van der Waals surface area contributed by atoms with Crippen molar-refractivity contribution < 1.29 is 24.0 Å². The predicted molar refractivity (Wildman–Crippen MR) is 114 cm³/mol. The molecule has 1 aliphatic rings. The van der Waals surface area contributed by atoms with E-state index in [1.54, 1.807) is 7.05 Å². The Bertz CT molecular complexity index is 1050. The van der Waals surface area contributed by atoms with Crippen LogP contribution in [-0.4, -0.2) is 55.2 Å². The van der Waals surface area contributed by atoms with Crippen LogP contribution in [0.25, 0.3) is 0 Å². The van der Waals surface area contributed by atoms with Crippen LogP contribution in [0.1, 0.15) is 49.4 Å². The number of ether oxygens (including phenoxy) is 1. The molecule has 0 spiro atoms. The SMILES string of the molecule is CC(OC(=O)c1ccc(Sc2nnnn2C)c([N+](=O)[O-])c1)C(=O)NC(=O)NC1CCCCC1. The van der Waals surface area contributed by atoms with Gasteiger partial charge < -0.3 is 10.1 Å². The normalized spacial score (nSPS) is 14.8. The Hall–Kier alpha value is -3.55. The van der Waals surface area contributed by atoms with Gasteiger partial charge in [0.05, 0.1) is 15.4 Å². The van der Waals surface area contributed by atoms with Crippen molar-refractivity contribution in [1.82, 2.24) is 30.8 Å². The summed E-state index contributed by atoms with van der Waals surface area (Å²) in [6.07, 6.45) is 3.59. The van der Waals surface area contributed by atoms with E-state index in [0.29, 0.717) is 5.16 Å². The van der Waals surface area contributed by atoms with Gasteiger partial charge in [-0.1, -0.05) is 19.3 Å². The number of hydrogen-bond donors (Lipinski definition) is 2. The van der Waals surface area contributed by atoms with Crippen molar-refractivity contribution in [2.75, 3.05) is 0 Å². The van der Waals surface area contributed by atoms with Crippen molar-refractivity contribution >= 4 is 35.4 Å². The fourth-order valence-electron chi connectivity index (χ4n) is 3.24. The van der Waals surface area contributed by atoms with Gasteiger partial charge in [-0.15, -0.1) is 5.10 Å². The monoisotopic (exact) mass is 477 g/mol. The Balaban J connectivity index is 1.60. The first-order valence-corrected chi connectivity index (χ1v) is 11.1. The Morgan fingerprint density at radius 1 is 1.27 bits per heavy atom. The second-order valence-corrected chi connectivity index (χ2v) is 8.48. The molecule has 1 heterocycles. The minimum absolute atomic E-state index is 0.0127. The van der Waals surface area contributed by atoms with E-state index in [1.807, 2.05) is 0 Å². The summed E-state index contributed by atoms with van der Waals surface area (Å²) in [4.78, 5) is 47.8. The molecule has 0 bridgehead atoms. The van der Waals surface area contributed by atoms with Crippen LogP contribution in [0.2, 0.25) is 0 Å². The lowest BCUT2D eigenvalue weighted by atomic mass is 9.96. The molecular weight excluding hydrogens is 454 g/mol. The number of rotatable bonds is 7. The maximum Gasteiger partial charge on any atom is 0.339 e. The van der Waals surface area contributed by atoms with Gasteiger partial charge in [-0.25, -0.2) is 14.3 Å². The molecule has 176 valence electrons. The van der Waals surface area contributed by atoms with Gasteiger partial charge in [-0.3, -0.25) is 20.2 Å². The first kappa shape index (κ1) is 24.1. The summed E-state index contributed by atoms with van der Waals surface area (Å²) in [7, 11) is 1.59. The van der Waals surface area contributed by atoms with Gasteiger partial charge in [0.15, 0.2) is 6.10 Å². The van der Waals surface area contributed by atoms with Crippen LogP contribution < -0.4 is 10.6 Å². The molecule has 14 heteroatoms. The summed E-state index contributed by atoms with van der Waals surface area (Å²) in [6.45, 7) is 1.31. The van der Waals surface area contributed by atoms with Crippen LogP contribution in [-0.2, 0) is 16.6 Å². The number of hydrogen-bond acceptors (Lipinski definition) is 10. The van der Waals surface area contributed by atoms with Crippen molar-refractivity contribution in [1.29, 1.82) is 0 Å². The van der Waals surface area contributed by atoms with Gasteiger partial charge >= 0.3 is 12.0 Å². The van der Waals surface area contributed by atoms with E-state index in [4.69, 9.17) is 4.74 Å². The van der Waals surface area contributed by atoms with Crippen LogP contribution in [0, 0.1) is 10.1 Å². The summed E-state index contributed by atoms with van der Waals surface area (Å²) in [5.74, 6) is -1.74. The highest BCUT2D eigenvalue weighted by Gasteiger charge is 2.25. The number of nitro benzene ring substituents is 1. The Labute approximate surface area is 192 Å². The van der Waals surface area contributed by atoms with Gasteiger partial charge in [0, 0.05) is 19.2 Å². The number of carbonyl (C=O) groups is 3. The Morgan fingerprint density at radius 2 is 2.00 bits per heavy atom. The molecule has 33 heavy (non-hydrogen) atoms. The number of urea groups is 1. The molecule has 3 rings (SSSR count). The van der Waals surface area contributed by atoms with Gasteiger partial charge in [0.25, 0.3) is 11.6 Å². The third-order valence-electron chi connectivity index (χ3n) is 5.00. The number of nitrogens with one attached hydrogen (secondary N) is 2. The summed E-state index contributed by atoms with van der Waals surface area (Å²) in [5.41, 5.74) is -0.463. The molecule has 1 aromatic carbocycles. The number of carbonyl (C=O) groups excluding carboxylic acids is 3. The molecule has 1 aliphatic carbocycles. The molecular formula is C19H23N7O6S. The minimum Gasteiger partial charge on any atom is -0.449 e. The average molecular weight is 478 g/mol. The number of aryl methyl sites for hydroxylation is 1. The lowest BCUT2D eigenvalue weighted by Crippen LogP contribution is -2.48. The molecule has 2 aromatic rings. The van der Waals surface area contributed by atoms with E-state index in [9.17, 15) is 24.5 Å². The number of nitro groups is 1.